The van der Waals surface area contributed by atoms with Gasteiger partial charge in [0.2, 0.25) is 5.95 Å². The van der Waals surface area contributed by atoms with Crippen molar-refractivity contribution >= 4 is 22.2 Å². The van der Waals surface area contributed by atoms with E-state index >= 15 is 0 Å². The van der Waals surface area contributed by atoms with E-state index in [1.54, 1.807) is 35.6 Å². The number of hydrogen-bond acceptors (Lipinski definition) is 7. The Balaban J connectivity index is 1.49. The van der Waals surface area contributed by atoms with Crippen molar-refractivity contribution in [2.24, 2.45) is 0 Å². The lowest BCUT2D eigenvalue weighted by Gasteiger charge is -2.31. The van der Waals surface area contributed by atoms with Crippen LogP contribution in [0.4, 0.5) is 4.39 Å². The Morgan fingerprint density at radius 3 is 2.58 bits per heavy atom. The predicted molar refractivity (Wildman–Crippen MR) is 130 cm³/mol. The third-order valence-corrected chi connectivity index (χ3v) is 6.70. The van der Waals surface area contributed by atoms with Crippen LogP contribution in [0.3, 0.4) is 0 Å². The number of halogens is 1. The van der Waals surface area contributed by atoms with Gasteiger partial charge >= 0.3 is 0 Å². The Bertz CT molecular complexity index is 1750. The van der Waals surface area contributed by atoms with Crippen LogP contribution in [0.2, 0.25) is 0 Å². The van der Waals surface area contributed by atoms with Gasteiger partial charge in [0, 0.05) is 18.5 Å². The van der Waals surface area contributed by atoms with Crippen molar-refractivity contribution in [3.8, 4) is 17.3 Å². The van der Waals surface area contributed by atoms with E-state index in [0.29, 0.717) is 46.8 Å². The highest BCUT2D eigenvalue weighted by Crippen LogP contribution is 2.41. The molecule has 2 aromatic carbocycles. The average Bonchev–Trinajstić information content (AvgIpc) is 3.50. The van der Waals surface area contributed by atoms with Gasteiger partial charge in [-0.2, -0.15) is 4.98 Å². The van der Waals surface area contributed by atoms with Gasteiger partial charge in [0.1, 0.15) is 29.8 Å². The molecule has 0 fully saturated rings. The lowest BCUT2D eigenvalue weighted by molar-refractivity contribution is 0.148. The number of aromatic nitrogens is 8. The van der Waals surface area contributed by atoms with Crippen molar-refractivity contribution in [3.63, 3.8) is 0 Å². The molecular weight excluding hydrogens is 459 g/mol. The molecule has 2 atom stereocenters. The van der Waals surface area contributed by atoms with Crippen LogP contribution >= 0.6 is 0 Å². The van der Waals surface area contributed by atoms with Gasteiger partial charge in [-0.15, -0.1) is 0 Å². The molecule has 4 heterocycles. The molecule has 0 aliphatic heterocycles. The first kappa shape index (κ1) is 20.8. The second kappa shape index (κ2) is 7.99. The summed E-state index contributed by atoms with van der Waals surface area (Å²) >= 11 is 0. The normalized spacial score (nSPS) is 17.5. The number of rotatable bonds is 3. The zero-order valence-electron chi connectivity index (χ0n) is 18.9. The van der Waals surface area contributed by atoms with E-state index in [1.807, 2.05) is 24.3 Å². The highest BCUT2D eigenvalue weighted by molar-refractivity contribution is 5.79. The molecule has 6 aromatic rings. The molecule has 0 radical (unpaired) electrons. The first-order valence-corrected chi connectivity index (χ1v) is 11.6. The average molecular weight is 478 g/mol. The number of aliphatic hydroxyl groups is 1. The van der Waals surface area contributed by atoms with Crippen molar-refractivity contribution in [1.82, 2.24) is 39.0 Å². The molecule has 0 bridgehead atoms. The van der Waals surface area contributed by atoms with Crippen LogP contribution in [0.1, 0.15) is 36.1 Å². The molecule has 1 unspecified atom stereocenters. The summed E-state index contributed by atoms with van der Waals surface area (Å²) in [6, 6.07) is 12.2. The highest BCUT2D eigenvalue weighted by Gasteiger charge is 2.31. The van der Waals surface area contributed by atoms with Crippen molar-refractivity contribution < 1.29 is 9.50 Å². The molecule has 1 N–H and O–H groups in total. The summed E-state index contributed by atoms with van der Waals surface area (Å²) in [7, 11) is 0. The largest absolute Gasteiger partial charge is 0.388 e. The van der Waals surface area contributed by atoms with Crippen LogP contribution in [-0.2, 0) is 0 Å². The van der Waals surface area contributed by atoms with Crippen LogP contribution in [0, 0.1) is 5.82 Å². The van der Waals surface area contributed by atoms with Gasteiger partial charge in [0.25, 0.3) is 0 Å². The number of benzene rings is 2. The maximum atomic E-state index is 14.0. The molecule has 7 rings (SSSR count). The van der Waals surface area contributed by atoms with Crippen LogP contribution in [0.5, 0.6) is 0 Å². The molecule has 4 aromatic heterocycles. The van der Waals surface area contributed by atoms with Gasteiger partial charge in [0.15, 0.2) is 5.65 Å². The number of aliphatic hydroxyl groups excluding tert-OH is 1. The lowest BCUT2D eigenvalue weighted by atomic mass is 9.85. The molecule has 9 nitrogen and oxygen atoms in total. The zero-order chi connectivity index (χ0) is 24.2. The lowest BCUT2D eigenvalue weighted by Crippen LogP contribution is -2.21. The van der Waals surface area contributed by atoms with E-state index in [1.165, 1.54) is 18.5 Å². The fourth-order valence-electron chi connectivity index (χ4n) is 5.06. The standard InChI is InChI=1S/C26H19FN8O/c27-16-5-6-19-22(9-16)34(14-31-19)26-30-12-20-25(33-26)35(24(32-20)15-10-28-13-29-11-15)21-7-8-23(36)18-4-2-1-3-17(18)21/h1-6,9-14,21,23,36H,7-8H2/t21?,23-/m1/s1. The Morgan fingerprint density at radius 1 is 0.889 bits per heavy atom. The third-order valence-electron chi connectivity index (χ3n) is 6.70. The van der Waals surface area contributed by atoms with Gasteiger partial charge in [0.05, 0.1) is 34.9 Å². The first-order valence-electron chi connectivity index (χ1n) is 11.6. The van der Waals surface area contributed by atoms with Crippen molar-refractivity contribution in [2.75, 3.05) is 0 Å². The first-order chi connectivity index (χ1) is 17.7. The predicted octanol–water partition coefficient (Wildman–Crippen LogP) is 4.18. The molecule has 0 saturated heterocycles. The fourth-order valence-corrected chi connectivity index (χ4v) is 5.06. The second-order valence-electron chi connectivity index (χ2n) is 8.80. The molecule has 0 spiro atoms. The van der Waals surface area contributed by atoms with E-state index in [-0.39, 0.29) is 11.9 Å². The topological polar surface area (TPSA) is 107 Å². The highest BCUT2D eigenvalue weighted by atomic mass is 19.1. The summed E-state index contributed by atoms with van der Waals surface area (Å²) in [6.07, 6.45) is 8.94. The molecule has 1 aliphatic carbocycles. The summed E-state index contributed by atoms with van der Waals surface area (Å²) < 4.78 is 17.7. The van der Waals surface area contributed by atoms with E-state index in [4.69, 9.17) is 9.97 Å². The van der Waals surface area contributed by atoms with Crippen LogP contribution in [-0.4, -0.2) is 44.1 Å². The summed E-state index contributed by atoms with van der Waals surface area (Å²) in [5.41, 5.74) is 5.11. The van der Waals surface area contributed by atoms with Crippen molar-refractivity contribution in [2.45, 2.75) is 25.0 Å². The van der Waals surface area contributed by atoms with Crippen molar-refractivity contribution in [1.29, 1.82) is 0 Å². The Hall–Kier alpha value is -4.57. The minimum atomic E-state index is -0.520. The molecule has 176 valence electrons. The van der Waals surface area contributed by atoms with E-state index in [9.17, 15) is 9.50 Å². The number of hydrogen-bond donors (Lipinski definition) is 1. The summed E-state index contributed by atoms with van der Waals surface area (Å²) in [6.45, 7) is 0. The van der Waals surface area contributed by atoms with E-state index < -0.39 is 6.10 Å². The fraction of sp³-hybridized carbons (Fsp3) is 0.154. The molecule has 1 aliphatic rings. The molecule has 10 heteroatoms. The van der Waals surface area contributed by atoms with Gasteiger partial charge in [-0.25, -0.2) is 29.3 Å². The smallest absolute Gasteiger partial charge is 0.237 e. The summed E-state index contributed by atoms with van der Waals surface area (Å²) in [4.78, 5) is 27.0. The summed E-state index contributed by atoms with van der Waals surface area (Å²) in [5.74, 6) is 0.658. The van der Waals surface area contributed by atoms with Crippen LogP contribution in [0.15, 0.2) is 73.7 Å². The minimum absolute atomic E-state index is 0.121. The number of imidazole rings is 2. The van der Waals surface area contributed by atoms with Gasteiger partial charge in [-0.05, 0) is 36.1 Å². The summed E-state index contributed by atoms with van der Waals surface area (Å²) in [5, 5.41) is 10.7. The second-order valence-corrected chi connectivity index (χ2v) is 8.80. The molecule has 0 saturated carbocycles. The van der Waals surface area contributed by atoms with Crippen LogP contribution < -0.4 is 0 Å². The monoisotopic (exact) mass is 478 g/mol. The molecule has 36 heavy (non-hydrogen) atoms. The minimum Gasteiger partial charge on any atom is -0.388 e. The zero-order valence-corrected chi connectivity index (χ0v) is 18.9. The maximum Gasteiger partial charge on any atom is 0.237 e. The van der Waals surface area contributed by atoms with E-state index in [0.717, 1.165) is 16.7 Å². The third kappa shape index (κ3) is 3.18. The van der Waals surface area contributed by atoms with Gasteiger partial charge in [-0.1, -0.05) is 24.3 Å². The van der Waals surface area contributed by atoms with Gasteiger partial charge in [-0.3, -0.25) is 4.57 Å². The Labute approximate surface area is 204 Å². The van der Waals surface area contributed by atoms with Crippen LogP contribution in [0.25, 0.3) is 39.5 Å². The number of nitrogens with zero attached hydrogens (tertiary/aromatic N) is 8. The Morgan fingerprint density at radius 2 is 1.72 bits per heavy atom. The number of fused-ring (bicyclic) bond motifs is 3. The maximum absolute atomic E-state index is 14.0. The van der Waals surface area contributed by atoms with Crippen molar-refractivity contribution in [3.05, 3.63) is 90.7 Å². The van der Waals surface area contributed by atoms with E-state index in [2.05, 4.69) is 24.5 Å². The van der Waals surface area contributed by atoms with Gasteiger partial charge < -0.3 is 9.67 Å². The molecule has 0 amide bonds. The quantitative estimate of drug-likeness (QED) is 0.407. The molecular formula is C26H19FN8O. The Kier molecular flexibility index (Phi) is 4.61. The SMILES string of the molecule is O[C@@H]1CCC(n2c(-c3cncnc3)nc3cnc(-n4cnc5ccc(F)cc54)nc32)c2ccccc21.